The number of aromatic nitrogens is 1. The van der Waals surface area contributed by atoms with Gasteiger partial charge in [-0.1, -0.05) is 0 Å². The third-order valence-corrected chi connectivity index (χ3v) is 5.32. The highest BCUT2D eigenvalue weighted by atomic mass is 32.1. The zero-order valence-corrected chi connectivity index (χ0v) is 18.1. The van der Waals surface area contributed by atoms with Crippen LogP contribution in [0.1, 0.15) is 13.8 Å². The normalized spacial score (nSPS) is 14.7. The molecule has 0 atom stereocenters. The third kappa shape index (κ3) is 4.41. The van der Waals surface area contributed by atoms with Gasteiger partial charge in [-0.05, 0) is 62.4 Å². The Hall–Kier alpha value is -3.72. The molecule has 1 aliphatic rings. The lowest BCUT2D eigenvalue weighted by atomic mass is 10.2. The number of hydrogen-bond donors (Lipinski definition) is 1. The molecule has 0 saturated heterocycles. The van der Waals surface area contributed by atoms with Crippen LogP contribution in [0.4, 0.5) is 10.8 Å². The van der Waals surface area contributed by atoms with Crippen LogP contribution in [0, 0.1) is 0 Å². The molecule has 158 valence electrons. The van der Waals surface area contributed by atoms with Crippen LogP contribution < -0.4 is 19.9 Å². The Morgan fingerprint density at radius 3 is 2.48 bits per heavy atom. The number of hydrogen-bond acceptors (Lipinski definition) is 8. The van der Waals surface area contributed by atoms with Crippen molar-refractivity contribution in [2.75, 3.05) is 24.2 Å². The first-order chi connectivity index (χ1) is 15.1. The first kappa shape index (κ1) is 20.5. The molecule has 31 heavy (non-hydrogen) atoms. The third-order valence-electron chi connectivity index (χ3n) is 4.51. The fourth-order valence-electron chi connectivity index (χ4n) is 2.92. The van der Waals surface area contributed by atoms with E-state index < -0.39 is 0 Å². The molecule has 1 amide bonds. The van der Waals surface area contributed by atoms with Gasteiger partial charge >= 0.3 is 5.91 Å². The van der Waals surface area contributed by atoms with Gasteiger partial charge in [0.05, 0.1) is 30.8 Å². The number of hydrazone groups is 2. The molecule has 2 heterocycles. The van der Waals surface area contributed by atoms with E-state index in [0.29, 0.717) is 17.5 Å². The van der Waals surface area contributed by atoms with Gasteiger partial charge in [0.1, 0.15) is 11.5 Å². The molecule has 1 aliphatic heterocycles. The summed E-state index contributed by atoms with van der Waals surface area (Å²) in [5, 5.41) is 12.3. The molecule has 0 bridgehead atoms. The fraction of sp³-hybridized carbons (Fsp3) is 0.182. The summed E-state index contributed by atoms with van der Waals surface area (Å²) in [6, 6.07) is 14.9. The average molecular weight is 436 g/mol. The molecule has 0 radical (unpaired) electrons. The molecule has 8 nitrogen and oxygen atoms in total. The van der Waals surface area contributed by atoms with E-state index in [1.807, 2.05) is 60.8 Å². The number of nitrogens with zero attached hydrogens (tertiary/aromatic N) is 4. The van der Waals surface area contributed by atoms with Crippen LogP contribution in [-0.4, -0.2) is 36.0 Å². The first-order valence-electron chi connectivity index (χ1n) is 9.65. The number of benzene rings is 2. The van der Waals surface area contributed by atoms with Crippen LogP contribution in [0.25, 0.3) is 11.3 Å². The predicted octanol–water partition coefficient (Wildman–Crippen LogP) is 4.41. The summed E-state index contributed by atoms with van der Waals surface area (Å²) in [6.07, 6.45) is 0. The van der Waals surface area contributed by atoms with Gasteiger partial charge in [0.25, 0.3) is 0 Å². The minimum Gasteiger partial charge on any atom is -0.497 e. The molecule has 1 N–H and O–H groups in total. The van der Waals surface area contributed by atoms with Crippen molar-refractivity contribution >= 4 is 39.5 Å². The van der Waals surface area contributed by atoms with E-state index in [4.69, 9.17) is 9.47 Å². The summed E-state index contributed by atoms with van der Waals surface area (Å²) < 4.78 is 10.6. The molecule has 4 rings (SSSR count). The lowest BCUT2D eigenvalue weighted by Gasteiger charge is -2.07. The molecular weight excluding hydrogens is 414 g/mol. The number of carbonyl (C=O) groups is 1. The number of ether oxygens (including phenoxy) is 2. The minimum absolute atomic E-state index is 0.245. The van der Waals surface area contributed by atoms with E-state index in [9.17, 15) is 4.79 Å². The second-order valence-electron chi connectivity index (χ2n) is 6.58. The molecular formula is C22H21N5O3S. The van der Waals surface area contributed by atoms with Crippen LogP contribution in [0.15, 0.2) is 64.1 Å². The molecule has 0 fully saturated rings. The van der Waals surface area contributed by atoms with Crippen molar-refractivity contribution in [2.45, 2.75) is 13.8 Å². The van der Waals surface area contributed by atoms with E-state index in [1.165, 1.54) is 16.3 Å². The largest absolute Gasteiger partial charge is 0.497 e. The van der Waals surface area contributed by atoms with Gasteiger partial charge in [0.2, 0.25) is 5.13 Å². The number of methoxy groups -OCH3 is 1. The Morgan fingerprint density at radius 2 is 1.81 bits per heavy atom. The molecule has 3 aromatic rings. The second-order valence-corrected chi connectivity index (χ2v) is 7.41. The van der Waals surface area contributed by atoms with Crippen molar-refractivity contribution < 1.29 is 14.3 Å². The number of nitrogens with one attached hydrogen (secondary N) is 1. The monoisotopic (exact) mass is 435 g/mol. The van der Waals surface area contributed by atoms with E-state index in [2.05, 4.69) is 20.6 Å². The van der Waals surface area contributed by atoms with Crippen LogP contribution in [-0.2, 0) is 4.79 Å². The maximum atomic E-state index is 12.9. The Labute approximate surface area is 183 Å². The van der Waals surface area contributed by atoms with E-state index in [0.717, 1.165) is 28.4 Å². The maximum absolute atomic E-state index is 12.9. The Balaban J connectivity index is 1.48. The van der Waals surface area contributed by atoms with E-state index >= 15 is 0 Å². The zero-order chi connectivity index (χ0) is 21.8. The van der Waals surface area contributed by atoms with Gasteiger partial charge in [-0.3, -0.25) is 10.2 Å². The fourth-order valence-corrected chi connectivity index (χ4v) is 3.71. The molecule has 0 saturated carbocycles. The van der Waals surface area contributed by atoms with Crippen LogP contribution in [0.5, 0.6) is 11.5 Å². The highest BCUT2D eigenvalue weighted by molar-refractivity contribution is 7.14. The van der Waals surface area contributed by atoms with Gasteiger partial charge in [0, 0.05) is 10.9 Å². The average Bonchev–Trinajstić information content (AvgIpc) is 3.38. The van der Waals surface area contributed by atoms with Crippen molar-refractivity contribution in [3.8, 4) is 22.8 Å². The van der Waals surface area contributed by atoms with Crippen LogP contribution in [0.2, 0.25) is 0 Å². The van der Waals surface area contributed by atoms with Crippen LogP contribution in [0.3, 0.4) is 0 Å². The summed E-state index contributed by atoms with van der Waals surface area (Å²) >= 11 is 1.35. The Morgan fingerprint density at radius 1 is 1.10 bits per heavy atom. The van der Waals surface area contributed by atoms with Gasteiger partial charge < -0.3 is 9.47 Å². The highest BCUT2D eigenvalue weighted by Gasteiger charge is 2.32. The summed E-state index contributed by atoms with van der Waals surface area (Å²) in [5.74, 6) is 1.22. The zero-order valence-electron chi connectivity index (χ0n) is 17.3. The van der Waals surface area contributed by atoms with Gasteiger partial charge in [0.15, 0.2) is 5.71 Å². The standard InChI is InChI=1S/C22H21N5O3S/c1-4-30-18-11-7-16(8-12-18)24-25-20-14(2)26-27(21(20)28)22-23-19(13-31-22)15-5-9-17(29-3)10-6-15/h5-13,24H,4H2,1-3H3/b25-20+. The highest BCUT2D eigenvalue weighted by Crippen LogP contribution is 2.30. The quantitative estimate of drug-likeness (QED) is 0.556. The molecule has 0 unspecified atom stereocenters. The van der Waals surface area contributed by atoms with Crippen molar-refractivity contribution in [1.82, 2.24) is 4.98 Å². The van der Waals surface area contributed by atoms with Gasteiger partial charge in [-0.15, -0.1) is 11.3 Å². The van der Waals surface area contributed by atoms with Crippen LogP contribution >= 0.6 is 11.3 Å². The lowest BCUT2D eigenvalue weighted by Crippen LogP contribution is -2.27. The SMILES string of the molecule is CCOc1ccc(N/N=C2/C(=O)N(c3nc(-c4ccc(OC)cc4)cs3)N=C2C)cc1. The second kappa shape index (κ2) is 8.97. The molecule has 0 aliphatic carbocycles. The van der Waals surface area contributed by atoms with Gasteiger partial charge in [-0.2, -0.15) is 15.2 Å². The summed E-state index contributed by atoms with van der Waals surface area (Å²) in [5.41, 5.74) is 6.11. The minimum atomic E-state index is -0.327. The summed E-state index contributed by atoms with van der Waals surface area (Å²) in [4.78, 5) is 17.4. The number of carbonyl (C=O) groups excluding carboxylic acids is 1. The number of amides is 1. The Bertz CT molecular complexity index is 1140. The van der Waals surface area contributed by atoms with E-state index in [-0.39, 0.29) is 11.6 Å². The first-order valence-corrected chi connectivity index (χ1v) is 10.5. The van der Waals surface area contributed by atoms with Crippen molar-refractivity contribution in [2.24, 2.45) is 10.2 Å². The summed E-state index contributed by atoms with van der Waals surface area (Å²) in [6.45, 7) is 4.28. The van der Waals surface area contributed by atoms with E-state index in [1.54, 1.807) is 14.0 Å². The van der Waals surface area contributed by atoms with Gasteiger partial charge in [-0.25, -0.2) is 4.98 Å². The van der Waals surface area contributed by atoms with Crippen molar-refractivity contribution in [3.05, 3.63) is 53.9 Å². The molecule has 0 spiro atoms. The smallest absolute Gasteiger partial charge is 0.303 e. The topological polar surface area (TPSA) is 88.4 Å². The lowest BCUT2D eigenvalue weighted by molar-refractivity contribution is -0.112. The Kier molecular flexibility index (Phi) is 5.94. The van der Waals surface area contributed by atoms with Crippen molar-refractivity contribution in [3.63, 3.8) is 0 Å². The number of thiazole rings is 1. The molecule has 2 aromatic carbocycles. The predicted molar refractivity (Wildman–Crippen MR) is 123 cm³/mol. The molecule has 1 aromatic heterocycles. The number of anilines is 2. The molecule has 9 heteroatoms. The van der Waals surface area contributed by atoms with Crippen molar-refractivity contribution in [1.29, 1.82) is 0 Å². The number of rotatable bonds is 7. The maximum Gasteiger partial charge on any atom is 0.303 e. The summed E-state index contributed by atoms with van der Waals surface area (Å²) in [7, 11) is 1.62.